The molecule has 2 N–H and O–H groups in total. The predicted octanol–water partition coefficient (Wildman–Crippen LogP) is 1.32. The molecule has 3 heteroatoms. The van der Waals surface area contributed by atoms with Crippen molar-refractivity contribution in [2.24, 2.45) is 0 Å². The molecule has 0 unspecified atom stereocenters. The normalized spacial score (nSPS) is 15.8. The second kappa shape index (κ2) is 4.51. The van der Waals surface area contributed by atoms with Crippen LogP contribution in [0.4, 0.5) is 0 Å². The van der Waals surface area contributed by atoms with Gasteiger partial charge in [0, 0.05) is 36.1 Å². The number of rotatable bonds is 2. The van der Waals surface area contributed by atoms with Crippen LogP contribution in [0.2, 0.25) is 0 Å². The van der Waals surface area contributed by atoms with Gasteiger partial charge in [0.25, 0.3) is 0 Å². The van der Waals surface area contributed by atoms with E-state index in [0.29, 0.717) is 6.54 Å². The van der Waals surface area contributed by atoms with Gasteiger partial charge < -0.3 is 15.0 Å². The summed E-state index contributed by atoms with van der Waals surface area (Å²) in [6, 6.07) is 8.54. The molecule has 1 aliphatic heterocycles. The zero-order chi connectivity index (χ0) is 11.7. The summed E-state index contributed by atoms with van der Waals surface area (Å²) < 4.78 is 2.29. The summed E-state index contributed by atoms with van der Waals surface area (Å²) in [6.45, 7) is 3.00. The lowest BCUT2D eigenvalue weighted by molar-refractivity contribution is 0.276. The lowest BCUT2D eigenvalue weighted by atomic mass is 10.1. The predicted molar refractivity (Wildman–Crippen MR) is 69.3 cm³/mol. The Morgan fingerprint density at radius 1 is 1.18 bits per heavy atom. The first kappa shape index (κ1) is 10.8. The summed E-state index contributed by atoms with van der Waals surface area (Å²) in [5, 5.41) is 14.0. The monoisotopic (exact) mass is 230 g/mol. The molecule has 1 aromatic carbocycles. The van der Waals surface area contributed by atoms with Crippen molar-refractivity contribution in [1.29, 1.82) is 0 Å². The van der Waals surface area contributed by atoms with Gasteiger partial charge in [0.1, 0.15) is 0 Å². The first-order valence-electron chi connectivity index (χ1n) is 6.32. The standard InChI is InChI=1S/C14H18N2O/c17-10-9-16-13-4-2-1-3-11(13)12-5-7-15-8-6-14(12)16/h1-4,15,17H,5-10H2. The summed E-state index contributed by atoms with van der Waals surface area (Å²) in [4.78, 5) is 0. The minimum Gasteiger partial charge on any atom is -0.395 e. The molecule has 0 radical (unpaired) electrons. The Kier molecular flexibility index (Phi) is 2.87. The molecule has 0 saturated heterocycles. The summed E-state index contributed by atoms with van der Waals surface area (Å²) in [6.07, 6.45) is 2.15. The molecule has 0 amide bonds. The Morgan fingerprint density at radius 2 is 2.00 bits per heavy atom. The van der Waals surface area contributed by atoms with E-state index in [-0.39, 0.29) is 6.61 Å². The maximum Gasteiger partial charge on any atom is 0.0610 e. The highest BCUT2D eigenvalue weighted by Gasteiger charge is 2.17. The van der Waals surface area contributed by atoms with Crippen LogP contribution >= 0.6 is 0 Å². The van der Waals surface area contributed by atoms with Gasteiger partial charge in [0.2, 0.25) is 0 Å². The highest BCUT2D eigenvalue weighted by Crippen LogP contribution is 2.27. The smallest absolute Gasteiger partial charge is 0.0610 e. The largest absolute Gasteiger partial charge is 0.395 e. The lowest BCUT2D eigenvalue weighted by Gasteiger charge is -2.08. The maximum atomic E-state index is 9.23. The van der Waals surface area contributed by atoms with E-state index < -0.39 is 0 Å². The Morgan fingerprint density at radius 3 is 2.88 bits per heavy atom. The van der Waals surface area contributed by atoms with E-state index in [0.717, 1.165) is 25.9 Å². The second-order valence-electron chi connectivity index (χ2n) is 4.57. The quantitative estimate of drug-likeness (QED) is 0.816. The van der Waals surface area contributed by atoms with Crippen LogP contribution in [0.15, 0.2) is 24.3 Å². The zero-order valence-electron chi connectivity index (χ0n) is 9.95. The van der Waals surface area contributed by atoms with Crippen molar-refractivity contribution < 1.29 is 5.11 Å². The van der Waals surface area contributed by atoms with Crippen molar-refractivity contribution in [3.05, 3.63) is 35.5 Å². The van der Waals surface area contributed by atoms with Crippen molar-refractivity contribution >= 4 is 10.9 Å². The third-order valence-corrected chi connectivity index (χ3v) is 3.61. The summed E-state index contributed by atoms with van der Waals surface area (Å²) >= 11 is 0. The summed E-state index contributed by atoms with van der Waals surface area (Å²) in [7, 11) is 0. The molecule has 0 atom stereocenters. The number of nitrogens with one attached hydrogen (secondary N) is 1. The molecule has 1 aliphatic rings. The van der Waals surface area contributed by atoms with Crippen LogP contribution in [0, 0.1) is 0 Å². The van der Waals surface area contributed by atoms with Crippen molar-refractivity contribution in [3.8, 4) is 0 Å². The van der Waals surface area contributed by atoms with Crippen LogP contribution in [0.5, 0.6) is 0 Å². The third kappa shape index (κ3) is 1.75. The van der Waals surface area contributed by atoms with Gasteiger partial charge >= 0.3 is 0 Å². The lowest BCUT2D eigenvalue weighted by Crippen LogP contribution is -2.17. The number of hydrogen-bond acceptors (Lipinski definition) is 2. The number of para-hydroxylation sites is 1. The van der Waals surface area contributed by atoms with Crippen molar-refractivity contribution in [3.63, 3.8) is 0 Å². The maximum absolute atomic E-state index is 9.23. The fraction of sp³-hybridized carbons (Fsp3) is 0.429. The van der Waals surface area contributed by atoms with E-state index in [1.807, 2.05) is 0 Å². The van der Waals surface area contributed by atoms with Gasteiger partial charge in [-0.2, -0.15) is 0 Å². The molecule has 2 aromatic rings. The number of fused-ring (bicyclic) bond motifs is 3. The summed E-state index contributed by atoms with van der Waals surface area (Å²) in [5.74, 6) is 0. The Hall–Kier alpha value is -1.32. The van der Waals surface area contributed by atoms with Gasteiger partial charge in [0.15, 0.2) is 0 Å². The van der Waals surface area contributed by atoms with Gasteiger partial charge in [-0.1, -0.05) is 18.2 Å². The number of nitrogens with zero attached hydrogens (tertiary/aromatic N) is 1. The number of aliphatic hydroxyl groups is 1. The van der Waals surface area contributed by atoms with Crippen LogP contribution in [-0.2, 0) is 19.4 Å². The van der Waals surface area contributed by atoms with Crippen LogP contribution in [0.3, 0.4) is 0 Å². The molecule has 17 heavy (non-hydrogen) atoms. The Bertz CT molecular complexity index is 515. The number of aliphatic hydroxyl groups excluding tert-OH is 1. The number of aromatic nitrogens is 1. The van der Waals surface area contributed by atoms with Gasteiger partial charge in [0.05, 0.1) is 6.61 Å². The highest BCUT2D eigenvalue weighted by atomic mass is 16.3. The topological polar surface area (TPSA) is 37.2 Å². The number of benzene rings is 1. The first-order chi connectivity index (χ1) is 8.42. The van der Waals surface area contributed by atoms with Crippen LogP contribution in [0.1, 0.15) is 11.3 Å². The van der Waals surface area contributed by atoms with Gasteiger partial charge in [-0.3, -0.25) is 0 Å². The molecule has 0 saturated carbocycles. The Labute approximate surface area is 101 Å². The molecular weight excluding hydrogens is 212 g/mol. The van der Waals surface area contributed by atoms with E-state index >= 15 is 0 Å². The molecule has 0 aliphatic carbocycles. The van der Waals surface area contributed by atoms with Gasteiger partial charge in [-0.15, -0.1) is 0 Å². The van der Waals surface area contributed by atoms with Crippen LogP contribution < -0.4 is 5.32 Å². The van der Waals surface area contributed by atoms with E-state index in [2.05, 4.69) is 34.1 Å². The van der Waals surface area contributed by atoms with Crippen molar-refractivity contribution in [2.75, 3.05) is 19.7 Å². The average Bonchev–Trinajstić information content (AvgIpc) is 2.55. The molecule has 0 fully saturated rings. The minimum absolute atomic E-state index is 0.207. The van der Waals surface area contributed by atoms with Crippen molar-refractivity contribution in [2.45, 2.75) is 19.4 Å². The van der Waals surface area contributed by atoms with E-state index in [1.165, 1.54) is 22.2 Å². The van der Waals surface area contributed by atoms with E-state index in [4.69, 9.17) is 0 Å². The molecule has 2 heterocycles. The molecule has 0 spiro atoms. The zero-order valence-corrected chi connectivity index (χ0v) is 9.95. The van der Waals surface area contributed by atoms with Crippen LogP contribution in [-0.4, -0.2) is 29.4 Å². The van der Waals surface area contributed by atoms with Crippen LogP contribution in [0.25, 0.3) is 10.9 Å². The highest BCUT2D eigenvalue weighted by molar-refractivity contribution is 5.85. The molecular formula is C14H18N2O. The fourth-order valence-electron chi connectivity index (χ4n) is 2.89. The van der Waals surface area contributed by atoms with E-state index in [9.17, 15) is 5.11 Å². The molecule has 0 bridgehead atoms. The fourth-order valence-corrected chi connectivity index (χ4v) is 2.89. The second-order valence-corrected chi connectivity index (χ2v) is 4.57. The molecule has 1 aromatic heterocycles. The third-order valence-electron chi connectivity index (χ3n) is 3.61. The van der Waals surface area contributed by atoms with E-state index in [1.54, 1.807) is 0 Å². The molecule has 3 rings (SSSR count). The minimum atomic E-state index is 0.207. The van der Waals surface area contributed by atoms with Gasteiger partial charge in [-0.25, -0.2) is 0 Å². The molecule has 90 valence electrons. The summed E-state index contributed by atoms with van der Waals surface area (Å²) in [5.41, 5.74) is 4.15. The van der Waals surface area contributed by atoms with Crippen molar-refractivity contribution in [1.82, 2.24) is 9.88 Å². The Balaban J connectivity index is 2.24. The van der Waals surface area contributed by atoms with Gasteiger partial charge in [-0.05, 0) is 24.6 Å². The molecule has 3 nitrogen and oxygen atoms in total. The first-order valence-corrected chi connectivity index (χ1v) is 6.32. The average molecular weight is 230 g/mol. The SMILES string of the molecule is OCCn1c2c(c3ccccc31)CCNCC2. The number of hydrogen-bond donors (Lipinski definition) is 2.